The molecule has 23 heavy (non-hydrogen) atoms. The van der Waals surface area contributed by atoms with Crippen molar-refractivity contribution in [1.82, 2.24) is 9.88 Å². The van der Waals surface area contributed by atoms with Gasteiger partial charge in [0.15, 0.2) is 9.84 Å². The molecule has 0 bridgehead atoms. The summed E-state index contributed by atoms with van der Waals surface area (Å²) in [6.45, 7) is 3.76. The van der Waals surface area contributed by atoms with E-state index in [0.29, 0.717) is 5.56 Å². The van der Waals surface area contributed by atoms with Crippen LogP contribution in [-0.4, -0.2) is 37.5 Å². The summed E-state index contributed by atoms with van der Waals surface area (Å²) in [5, 5.41) is 0. The van der Waals surface area contributed by atoms with Gasteiger partial charge >= 0.3 is 0 Å². The van der Waals surface area contributed by atoms with E-state index in [4.69, 9.17) is 0 Å². The lowest BCUT2D eigenvalue weighted by molar-refractivity contribution is 0.0742. The molecule has 1 amide bonds. The topological polar surface area (TPSA) is 67.3 Å². The minimum atomic E-state index is -3.22. The van der Waals surface area contributed by atoms with E-state index in [-0.39, 0.29) is 16.8 Å². The first-order valence-corrected chi connectivity index (χ1v) is 9.09. The summed E-state index contributed by atoms with van der Waals surface area (Å²) in [5.41, 5.74) is 2.25. The van der Waals surface area contributed by atoms with E-state index in [1.54, 1.807) is 54.5 Å². The highest BCUT2D eigenvalue weighted by molar-refractivity contribution is 7.90. The van der Waals surface area contributed by atoms with Gasteiger partial charge in [-0.25, -0.2) is 8.42 Å². The van der Waals surface area contributed by atoms with Crippen molar-refractivity contribution < 1.29 is 13.2 Å². The molecule has 0 saturated heterocycles. The van der Waals surface area contributed by atoms with Crippen molar-refractivity contribution in [3.05, 3.63) is 59.4 Å². The molecule has 0 fully saturated rings. The van der Waals surface area contributed by atoms with Crippen molar-refractivity contribution in [2.75, 3.05) is 13.3 Å². The molecule has 0 radical (unpaired) electrons. The molecule has 0 N–H and O–H groups in total. The number of sulfone groups is 1. The van der Waals surface area contributed by atoms with E-state index >= 15 is 0 Å². The number of hydrogen-bond acceptors (Lipinski definition) is 4. The Morgan fingerprint density at radius 3 is 2.22 bits per heavy atom. The summed E-state index contributed by atoms with van der Waals surface area (Å²) in [4.78, 5) is 18.5. The van der Waals surface area contributed by atoms with Gasteiger partial charge in [0.1, 0.15) is 0 Å². The van der Waals surface area contributed by atoms with E-state index in [1.807, 2.05) is 13.8 Å². The molecule has 2 aromatic rings. The summed E-state index contributed by atoms with van der Waals surface area (Å²) in [7, 11) is -1.50. The number of aromatic nitrogens is 1. The Morgan fingerprint density at radius 2 is 1.74 bits per heavy atom. The Hall–Kier alpha value is -2.21. The molecule has 1 unspecified atom stereocenters. The van der Waals surface area contributed by atoms with E-state index in [1.165, 1.54) is 6.26 Å². The Balaban J connectivity index is 2.20. The first kappa shape index (κ1) is 17.1. The minimum absolute atomic E-state index is 0.128. The van der Waals surface area contributed by atoms with Crippen LogP contribution in [0.2, 0.25) is 0 Å². The highest BCUT2D eigenvalue weighted by Gasteiger charge is 2.19. The van der Waals surface area contributed by atoms with E-state index < -0.39 is 9.84 Å². The predicted octanol–water partition coefficient (Wildman–Crippen LogP) is 2.63. The largest absolute Gasteiger partial charge is 0.335 e. The molecule has 6 heteroatoms. The molecular weight excluding hydrogens is 312 g/mol. The molecular formula is C17H20N2O3S. The zero-order valence-electron chi connectivity index (χ0n) is 13.6. The van der Waals surface area contributed by atoms with Crippen LogP contribution in [0.3, 0.4) is 0 Å². The normalized spacial score (nSPS) is 12.7. The van der Waals surface area contributed by atoms with Crippen LogP contribution in [0.5, 0.6) is 0 Å². The number of aryl methyl sites for hydroxylation is 1. The average molecular weight is 332 g/mol. The van der Waals surface area contributed by atoms with Gasteiger partial charge in [0, 0.05) is 25.2 Å². The van der Waals surface area contributed by atoms with Crippen LogP contribution < -0.4 is 0 Å². The Bertz CT molecular complexity index is 797. The quantitative estimate of drug-likeness (QED) is 0.863. The molecule has 1 atom stereocenters. The number of carbonyl (C=O) groups is 1. The number of pyridine rings is 1. The van der Waals surface area contributed by atoms with Crippen LogP contribution in [0.15, 0.2) is 47.5 Å². The third-order valence-electron chi connectivity index (χ3n) is 3.85. The van der Waals surface area contributed by atoms with Gasteiger partial charge in [-0.1, -0.05) is 12.1 Å². The van der Waals surface area contributed by atoms with Gasteiger partial charge < -0.3 is 4.90 Å². The molecule has 0 spiro atoms. The average Bonchev–Trinajstić information content (AvgIpc) is 2.53. The highest BCUT2D eigenvalue weighted by atomic mass is 32.2. The van der Waals surface area contributed by atoms with Crippen molar-refractivity contribution in [2.24, 2.45) is 0 Å². The van der Waals surface area contributed by atoms with Crippen molar-refractivity contribution in [3.63, 3.8) is 0 Å². The van der Waals surface area contributed by atoms with Crippen molar-refractivity contribution in [1.29, 1.82) is 0 Å². The SMILES string of the molecule is Cc1ccc(C(=O)N(C)C(C)c2ccc(S(C)(=O)=O)cc2)cn1. The monoisotopic (exact) mass is 332 g/mol. The molecule has 0 aliphatic heterocycles. The zero-order valence-corrected chi connectivity index (χ0v) is 14.5. The molecule has 0 saturated carbocycles. The summed E-state index contributed by atoms with van der Waals surface area (Å²) in [6, 6.07) is 9.96. The number of nitrogens with zero attached hydrogens (tertiary/aromatic N) is 2. The molecule has 1 aromatic carbocycles. The van der Waals surface area contributed by atoms with Crippen LogP contribution >= 0.6 is 0 Å². The number of hydrogen-bond donors (Lipinski definition) is 0. The first-order valence-electron chi connectivity index (χ1n) is 7.20. The molecule has 0 aliphatic rings. The summed E-state index contributed by atoms with van der Waals surface area (Å²) < 4.78 is 23.0. The number of carbonyl (C=O) groups excluding carboxylic acids is 1. The van der Waals surface area contributed by atoms with Crippen LogP contribution in [0.1, 0.15) is 34.6 Å². The maximum absolute atomic E-state index is 12.5. The molecule has 0 aliphatic carbocycles. The minimum Gasteiger partial charge on any atom is -0.335 e. The van der Waals surface area contributed by atoms with Crippen LogP contribution in [-0.2, 0) is 9.84 Å². The Kier molecular flexibility index (Phi) is 4.85. The summed E-state index contributed by atoms with van der Waals surface area (Å²) in [5.74, 6) is -0.128. The van der Waals surface area contributed by atoms with Gasteiger partial charge in [-0.3, -0.25) is 9.78 Å². The maximum atomic E-state index is 12.5. The van der Waals surface area contributed by atoms with Gasteiger partial charge in [0.2, 0.25) is 0 Å². The van der Waals surface area contributed by atoms with Gasteiger partial charge in [-0.2, -0.15) is 0 Å². The molecule has 122 valence electrons. The summed E-state index contributed by atoms with van der Waals surface area (Å²) >= 11 is 0. The maximum Gasteiger partial charge on any atom is 0.255 e. The molecule has 2 rings (SSSR count). The van der Waals surface area contributed by atoms with Crippen LogP contribution in [0.25, 0.3) is 0 Å². The zero-order chi connectivity index (χ0) is 17.2. The fourth-order valence-electron chi connectivity index (χ4n) is 2.19. The van der Waals surface area contributed by atoms with E-state index in [9.17, 15) is 13.2 Å². The lowest BCUT2D eigenvalue weighted by atomic mass is 10.1. The van der Waals surface area contributed by atoms with Gasteiger partial charge in [0.25, 0.3) is 5.91 Å². The first-order chi connectivity index (χ1) is 10.7. The molecule has 5 nitrogen and oxygen atoms in total. The van der Waals surface area contributed by atoms with Gasteiger partial charge in [-0.05, 0) is 43.7 Å². The lowest BCUT2D eigenvalue weighted by Gasteiger charge is -2.25. The Morgan fingerprint density at radius 1 is 1.13 bits per heavy atom. The smallest absolute Gasteiger partial charge is 0.255 e. The fraction of sp³-hybridized carbons (Fsp3) is 0.294. The second kappa shape index (κ2) is 6.50. The van der Waals surface area contributed by atoms with Gasteiger partial charge in [0.05, 0.1) is 16.5 Å². The number of amides is 1. The van der Waals surface area contributed by atoms with Crippen LogP contribution in [0, 0.1) is 6.92 Å². The highest BCUT2D eigenvalue weighted by Crippen LogP contribution is 2.22. The predicted molar refractivity (Wildman–Crippen MR) is 89.0 cm³/mol. The summed E-state index contributed by atoms with van der Waals surface area (Å²) in [6.07, 6.45) is 2.74. The standard InChI is InChI=1S/C17H20N2O3S/c1-12-5-6-15(11-18-12)17(20)19(3)13(2)14-7-9-16(10-8-14)23(4,21)22/h5-11,13H,1-4H3. The second-order valence-electron chi connectivity index (χ2n) is 5.62. The Labute approximate surface area is 136 Å². The van der Waals surface area contributed by atoms with E-state index in [0.717, 1.165) is 11.3 Å². The van der Waals surface area contributed by atoms with Crippen molar-refractivity contribution >= 4 is 15.7 Å². The third kappa shape index (κ3) is 3.96. The van der Waals surface area contributed by atoms with Crippen molar-refractivity contribution in [2.45, 2.75) is 24.8 Å². The van der Waals surface area contributed by atoms with Gasteiger partial charge in [-0.15, -0.1) is 0 Å². The molecule has 1 heterocycles. The second-order valence-corrected chi connectivity index (χ2v) is 7.64. The van der Waals surface area contributed by atoms with Crippen LogP contribution in [0.4, 0.5) is 0 Å². The number of benzene rings is 1. The van der Waals surface area contributed by atoms with Crippen molar-refractivity contribution in [3.8, 4) is 0 Å². The lowest BCUT2D eigenvalue weighted by Crippen LogP contribution is -2.29. The van der Waals surface area contributed by atoms with E-state index in [2.05, 4.69) is 4.98 Å². The molecule has 1 aromatic heterocycles. The fourth-order valence-corrected chi connectivity index (χ4v) is 2.82. The number of rotatable bonds is 4. The third-order valence-corrected chi connectivity index (χ3v) is 4.98.